The van der Waals surface area contributed by atoms with E-state index in [4.69, 9.17) is 9.47 Å². The molecule has 1 aromatic carbocycles. The Morgan fingerprint density at radius 2 is 1.89 bits per heavy atom. The average Bonchev–Trinajstić information content (AvgIpc) is 3.00. The van der Waals surface area contributed by atoms with Crippen LogP contribution in [0.1, 0.15) is 56.3 Å². The fourth-order valence-corrected chi connectivity index (χ4v) is 4.59. The fourth-order valence-electron chi connectivity index (χ4n) is 2.92. The number of esters is 1. The monoisotopic (exact) mass is 411 g/mol. The fraction of sp³-hybridized carbons (Fsp3) is 0.600. The Labute approximate surface area is 166 Å². The first kappa shape index (κ1) is 22.2. The number of hydrogen-bond acceptors (Lipinski definition) is 6. The summed E-state index contributed by atoms with van der Waals surface area (Å²) in [5.41, 5.74) is 0.321. The molecule has 1 N–H and O–H groups in total. The summed E-state index contributed by atoms with van der Waals surface area (Å²) in [6, 6.07) is 6.16. The SMILES string of the molecule is CCCCCCOc1ccc(C(=O)O[C@@H](C)C(=O)N[C@@H]2CCS(=O)(=O)C2)cc1. The first-order valence-electron chi connectivity index (χ1n) is 9.75. The third-order valence-corrected chi connectivity index (χ3v) is 6.36. The van der Waals surface area contributed by atoms with Crippen molar-refractivity contribution < 1.29 is 27.5 Å². The number of unbranched alkanes of at least 4 members (excludes halogenated alkanes) is 3. The highest BCUT2D eigenvalue weighted by Crippen LogP contribution is 2.15. The van der Waals surface area contributed by atoms with Crippen LogP contribution >= 0.6 is 0 Å². The summed E-state index contributed by atoms with van der Waals surface area (Å²) in [6.07, 6.45) is 3.86. The molecule has 0 spiro atoms. The van der Waals surface area contributed by atoms with Crippen LogP contribution in [0.4, 0.5) is 0 Å². The van der Waals surface area contributed by atoms with E-state index in [1.54, 1.807) is 24.3 Å². The molecule has 1 heterocycles. The lowest BCUT2D eigenvalue weighted by Crippen LogP contribution is -2.42. The molecule has 1 aliphatic rings. The van der Waals surface area contributed by atoms with Gasteiger partial charge in [-0.25, -0.2) is 13.2 Å². The van der Waals surface area contributed by atoms with Gasteiger partial charge >= 0.3 is 5.97 Å². The van der Waals surface area contributed by atoms with Crippen LogP contribution in [0.25, 0.3) is 0 Å². The largest absolute Gasteiger partial charge is 0.494 e. The van der Waals surface area contributed by atoms with Crippen LogP contribution in [-0.4, -0.2) is 50.6 Å². The Morgan fingerprint density at radius 1 is 1.18 bits per heavy atom. The summed E-state index contributed by atoms with van der Waals surface area (Å²) in [6.45, 7) is 4.25. The zero-order valence-electron chi connectivity index (χ0n) is 16.5. The van der Waals surface area contributed by atoms with Crippen LogP contribution in [0.15, 0.2) is 24.3 Å². The van der Waals surface area contributed by atoms with Gasteiger partial charge in [0.1, 0.15) is 5.75 Å². The molecule has 0 unspecified atom stereocenters. The summed E-state index contributed by atoms with van der Waals surface area (Å²) in [5, 5.41) is 2.62. The molecule has 1 fully saturated rings. The number of rotatable bonds is 10. The summed E-state index contributed by atoms with van der Waals surface area (Å²) < 4.78 is 33.7. The van der Waals surface area contributed by atoms with Crippen molar-refractivity contribution in [1.29, 1.82) is 0 Å². The maximum atomic E-state index is 12.2. The molecular weight excluding hydrogens is 382 g/mol. The normalized spacial score (nSPS) is 19.0. The van der Waals surface area contributed by atoms with Crippen molar-refractivity contribution in [3.8, 4) is 5.75 Å². The Balaban J connectivity index is 1.77. The van der Waals surface area contributed by atoms with Crippen LogP contribution in [0.2, 0.25) is 0 Å². The summed E-state index contributed by atoms with van der Waals surface area (Å²) in [7, 11) is -3.08. The minimum Gasteiger partial charge on any atom is -0.494 e. The highest BCUT2D eigenvalue weighted by Gasteiger charge is 2.30. The third kappa shape index (κ3) is 7.14. The molecule has 2 atom stereocenters. The molecule has 0 aliphatic carbocycles. The van der Waals surface area contributed by atoms with Crippen molar-refractivity contribution >= 4 is 21.7 Å². The molecule has 8 heteroatoms. The molecule has 0 radical (unpaired) electrons. The molecule has 0 saturated carbocycles. The van der Waals surface area contributed by atoms with Crippen LogP contribution in [0, 0.1) is 0 Å². The van der Waals surface area contributed by atoms with Gasteiger partial charge in [-0.3, -0.25) is 4.79 Å². The van der Waals surface area contributed by atoms with Crippen LogP contribution in [-0.2, 0) is 19.4 Å². The lowest BCUT2D eigenvalue weighted by Gasteiger charge is -2.16. The van der Waals surface area contributed by atoms with Crippen LogP contribution in [0.5, 0.6) is 5.75 Å². The number of sulfone groups is 1. The number of carbonyl (C=O) groups excluding carboxylic acids is 2. The second kappa shape index (κ2) is 10.5. The number of carbonyl (C=O) groups is 2. The molecule has 156 valence electrons. The van der Waals surface area contributed by atoms with E-state index in [-0.39, 0.29) is 11.5 Å². The average molecular weight is 412 g/mol. The van der Waals surface area contributed by atoms with Crippen molar-refractivity contribution in [3.05, 3.63) is 29.8 Å². The number of benzene rings is 1. The highest BCUT2D eigenvalue weighted by molar-refractivity contribution is 7.91. The van der Waals surface area contributed by atoms with E-state index < -0.39 is 33.9 Å². The smallest absolute Gasteiger partial charge is 0.338 e. The van der Waals surface area contributed by atoms with Gasteiger partial charge in [-0.05, 0) is 44.0 Å². The molecule has 1 saturated heterocycles. The Morgan fingerprint density at radius 3 is 2.50 bits per heavy atom. The van der Waals surface area contributed by atoms with Gasteiger partial charge in [0.15, 0.2) is 15.9 Å². The predicted octanol–water partition coefficient (Wildman–Crippen LogP) is 2.49. The summed E-state index contributed by atoms with van der Waals surface area (Å²) in [4.78, 5) is 24.3. The van der Waals surface area contributed by atoms with Crippen molar-refractivity contribution in [3.63, 3.8) is 0 Å². The maximum absolute atomic E-state index is 12.2. The van der Waals surface area contributed by atoms with Crippen molar-refractivity contribution in [2.24, 2.45) is 0 Å². The van der Waals surface area contributed by atoms with Gasteiger partial charge < -0.3 is 14.8 Å². The van der Waals surface area contributed by atoms with E-state index in [1.165, 1.54) is 19.8 Å². The van der Waals surface area contributed by atoms with E-state index in [0.29, 0.717) is 24.3 Å². The minimum absolute atomic E-state index is 0.0686. The lowest BCUT2D eigenvalue weighted by molar-refractivity contribution is -0.129. The molecule has 0 aromatic heterocycles. The van der Waals surface area contributed by atoms with Gasteiger partial charge in [-0.1, -0.05) is 26.2 Å². The maximum Gasteiger partial charge on any atom is 0.338 e. The molecule has 28 heavy (non-hydrogen) atoms. The van der Waals surface area contributed by atoms with Gasteiger partial charge in [-0.2, -0.15) is 0 Å². The molecule has 2 rings (SSSR count). The zero-order valence-corrected chi connectivity index (χ0v) is 17.3. The predicted molar refractivity (Wildman–Crippen MR) is 106 cm³/mol. The van der Waals surface area contributed by atoms with Crippen molar-refractivity contribution in [2.75, 3.05) is 18.1 Å². The number of nitrogens with one attached hydrogen (secondary N) is 1. The summed E-state index contributed by atoms with van der Waals surface area (Å²) in [5.74, 6) is -0.432. The second-order valence-electron chi connectivity index (χ2n) is 7.09. The molecule has 1 amide bonds. The number of amides is 1. The topological polar surface area (TPSA) is 98.8 Å². The zero-order chi connectivity index (χ0) is 20.6. The van der Waals surface area contributed by atoms with Gasteiger partial charge in [-0.15, -0.1) is 0 Å². The molecule has 1 aromatic rings. The quantitative estimate of drug-likeness (QED) is 0.469. The second-order valence-corrected chi connectivity index (χ2v) is 9.32. The molecule has 0 bridgehead atoms. The van der Waals surface area contributed by atoms with Crippen LogP contribution in [0.3, 0.4) is 0 Å². The van der Waals surface area contributed by atoms with E-state index in [0.717, 1.165) is 12.8 Å². The first-order chi connectivity index (χ1) is 13.3. The lowest BCUT2D eigenvalue weighted by atomic mass is 10.2. The third-order valence-electron chi connectivity index (χ3n) is 4.59. The highest BCUT2D eigenvalue weighted by atomic mass is 32.2. The number of hydrogen-bond donors (Lipinski definition) is 1. The molecule has 1 aliphatic heterocycles. The van der Waals surface area contributed by atoms with Crippen molar-refractivity contribution in [2.45, 2.75) is 58.1 Å². The van der Waals surface area contributed by atoms with E-state index in [2.05, 4.69) is 12.2 Å². The van der Waals surface area contributed by atoms with Gasteiger partial charge in [0.05, 0.1) is 23.7 Å². The van der Waals surface area contributed by atoms with Gasteiger partial charge in [0.2, 0.25) is 0 Å². The first-order valence-corrected chi connectivity index (χ1v) is 11.6. The molecule has 7 nitrogen and oxygen atoms in total. The summed E-state index contributed by atoms with van der Waals surface area (Å²) >= 11 is 0. The van der Waals surface area contributed by atoms with Crippen LogP contribution < -0.4 is 10.1 Å². The van der Waals surface area contributed by atoms with Gasteiger partial charge in [0.25, 0.3) is 5.91 Å². The standard InChI is InChI=1S/C20H29NO6S/c1-3-4-5-6-12-26-18-9-7-16(8-10-18)20(23)27-15(2)19(22)21-17-11-13-28(24,25)14-17/h7-10,15,17H,3-6,11-14H2,1-2H3,(H,21,22)/t15-,17+/m0/s1. The Bertz CT molecular complexity index is 759. The van der Waals surface area contributed by atoms with Crippen molar-refractivity contribution in [1.82, 2.24) is 5.32 Å². The van der Waals surface area contributed by atoms with E-state index >= 15 is 0 Å². The van der Waals surface area contributed by atoms with E-state index in [1.807, 2.05) is 0 Å². The van der Waals surface area contributed by atoms with Gasteiger partial charge in [0, 0.05) is 6.04 Å². The Kier molecular flexibility index (Phi) is 8.29. The Hall–Kier alpha value is -2.09. The van der Waals surface area contributed by atoms with E-state index in [9.17, 15) is 18.0 Å². The molecular formula is C20H29NO6S. The number of ether oxygens (including phenoxy) is 2. The minimum atomic E-state index is -3.08.